The second-order valence-electron chi connectivity index (χ2n) is 2.73. The molecule has 0 unspecified atom stereocenters. The third-order valence-corrected chi connectivity index (χ3v) is 2.15. The van der Waals surface area contributed by atoms with Crippen LogP contribution in [0.2, 0.25) is 0 Å². The SMILES string of the molecule is CCNC(=O)CO[PH](=O)OCC(=O)NCC. The van der Waals surface area contributed by atoms with Crippen molar-refractivity contribution in [1.29, 1.82) is 0 Å². The van der Waals surface area contributed by atoms with Crippen LogP contribution in [-0.4, -0.2) is 38.1 Å². The quantitative estimate of drug-likeness (QED) is 0.577. The van der Waals surface area contributed by atoms with E-state index < -0.39 is 8.25 Å². The molecule has 0 fully saturated rings. The number of carbonyl (C=O) groups excluding carboxylic acids is 2. The summed E-state index contributed by atoms with van der Waals surface area (Å²) in [6, 6.07) is 0. The minimum Gasteiger partial charge on any atom is -0.354 e. The second-order valence-corrected chi connectivity index (χ2v) is 3.81. The van der Waals surface area contributed by atoms with Gasteiger partial charge in [0, 0.05) is 13.1 Å². The van der Waals surface area contributed by atoms with Gasteiger partial charge >= 0.3 is 8.25 Å². The summed E-state index contributed by atoms with van der Waals surface area (Å²) in [7, 11) is -2.79. The lowest BCUT2D eigenvalue weighted by Crippen LogP contribution is -2.27. The molecule has 7 nitrogen and oxygen atoms in total. The van der Waals surface area contributed by atoms with Crippen molar-refractivity contribution in [2.75, 3.05) is 26.3 Å². The van der Waals surface area contributed by atoms with Crippen LogP contribution in [0.4, 0.5) is 0 Å². The number of rotatable bonds is 8. The molecule has 2 amide bonds. The number of likely N-dealkylation sites (N-methyl/N-ethyl adjacent to an activating group) is 2. The van der Waals surface area contributed by atoms with Crippen LogP contribution in [0.1, 0.15) is 13.8 Å². The lowest BCUT2D eigenvalue weighted by atomic mass is 10.6. The Hall–Kier alpha value is -0.910. The van der Waals surface area contributed by atoms with Gasteiger partial charge in [0.05, 0.1) is 0 Å². The minimum atomic E-state index is -2.79. The lowest BCUT2D eigenvalue weighted by Gasteiger charge is -2.05. The average molecular weight is 252 g/mol. The molecule has 0 spiro atoms. The van der Waals surface area contributed by atoms with Crippen molar-refractivity contribution in [1.82, 2.24) is 10.6 Å². The van der Waals surface area contributed by atoms with Crippen LogP contribution in [0.15, 0.2) is 0 Å². The fourth-order valence-corrected chi connectivity index (χ4v) is 1.37. The Morgan fingerprint density at radius 3 is 1.69 bits per heavy atom. The van der Waals surface area contributed by atoms with Crippen LogP contribution < -0.4 is 10.6 Å². The summed E-state index contributed by atoms with van der Waals surface area (Å²) < 4.78 is 20.3. The highest BCUT2D eigenvalue weighted by Crippen LogP contribution is 2.22. The molecule has 0 heterocycles. The summed E-state index contributed by atoms with van der Waals surface area (Å²) in [5, 5.41) is 4.93. The van der Waals surface area contributed by atoms with Gasteiger partial charge in [-0.2, -0.15) is 0 Å². The van der Waals surface area contributed by atoms with Gasteiger partial charge in [-0.15, -0.1) is 0 Å². The van der Waals surface area contributed by atoms with E-state index in [2.05, 4.69) is 19.7 Å². The van der Waals surface area contributed by atoms with Crippen LogP contribution in [0.3, 0.4) is 0 Å². The number of hydrogen-bond acceptors (Lipinski definition) is 5. The molecule has 0 saturated heterocycles. The first-order chi connectivity index (χ1) is 7.60. The van der Waals surface area contributed by atoms with Gasteiger partial charge in [-0.3, -0.25) is 14.2 Å². The Balaban J connectivity index is 3.59. The Bertz CT molecular complexity index is 235. The molecule has 0 saturated carbocycles. The molecule has 0 aliphatic heterocycles. The monoisotopic (exact) mass is 252 g/mol. The summed E-state index contributed by atoms with van der Waals surface area (Å²) in [5.41, 5.74) is 0. The zero-order valence-corrected chi connectivity index (χ0v) is 10.4. The van der Waals surface area contributed by atoms with Crippen LogP contribution >= 0.6 is 8.25 Å². The molecule has 0 aliphatic rings. The molecule has 0 rings (SSSR count). The largest absolute Gasteiger partial charge is 0.354 e. The van der Waals surface area contributed by atoms with E-state index in [1.165, 1.54) is 0 Å². The molecule has 0 atom stereocenters. The van der Waals surface area contributed by atoms with E-state index in [1.807, 2.05) is 0 Å². The molecule has 2 N–H and O–H groups in total. The predicted octanol–water partition coefficient (Wildman–Crippen LogP) is -0.319. The van der Waals surface area contributed by atoms with Crippen molar-refractivity contribution in [2.24, 2.45) is 0 Å². The summed E-state index contributed by atoms with van der Waals surface area (Å²) in [4.78, 5) is 21.8. The van der Waals surface area contributed by atoms with Crippen LogP contribution in [-0.2, 0) is 23.2 Å². The van der Waals surface area contributed by atoms with E-state index in [0.717, 1.165) is 0 Å². The molecule has 0 aromatic carbocycles. The number of hydrogen-bond donors (Lipinski definition) is 2. The third kappa shape index (κ3) is 8.40. The Morgan fingerprint density at radius 2 is 1.38 bits per heavy atom. The Labute approximate surface area is 94.8 Å². The van der Waals surface area contributed by atoms with E-state index in [-0.39, 0.29) is 25.0 Å². The summed E-state index contributed by atoms with van der Waals surface area (Å²) >= 11 is 0. The molecule has 0 bridgehead atoms. The summed E-state index contributed by atoms with van der Waals surface area (Å²) in [5.74, 6) is -0.745. The van der Waals surface area contributed by atoms with Crippen LogP contribution in [0.25, 0.3) is 0 Å². The zero-order chi connectivity index (χ0) is 12.4. The highest BCUT2D eigenvalue weighted by Gasteiger charge is 2.07. The maximum atomic E-state index is 11.0. The molecular formula is C8H17N2O5P. The lowest BCUT2D eigenvalue weighted by molar-refractivity contribution is -0.123. The summed E-state index contributed by atoms with van der Waals surface area (Å²) in [6.07, 6.45) is 0. The zero-order valence-electron chi connectivity index (χ0n) is 9.37. The van der Waals surface area contributed by atoms with Crippen molar-refractivity contribution in [3.05, 3.63) is 0 Å². The van der Waals surface area contributed by atoms with Crippen molar-refractivity contribution in [2.45, 2.75) is 13.8 Å². The topological polar surface area (TPSA) is 93.7 Å². The Morgan fingerprint density at radius 1 is 1.00 bits per heavy atom. The molecule has 0 aliphatic carbocycles. The van der Waals surface area contributed by atoms with Gasteiger partial charge in [-0.05, 0) is 13.8 Å². The number of carbonyl (C=O) groups is 2. The Kier molecular flexibility index (Phi) is 8.80. The first kappa shape index (κ1) is 15.1. The molecule has 8 heteroatoms. The van der Waals surface area contributed by atoms with E-state index in [0.29, 0.717) is 13.1 Å². The van der Waals surface area contributed by atoms with E-state index in [9.17, 15) is 14.2 Å². The molecule has 0 radical (unpaired) electrons. The molecule has 94 valence electrons. The second kappa shape index (κ2) is 9.33. The van der Waals surface area contributed by atoms with Crippen LogP contribution in [0, 0.1) is 0 Å². The van der Waals surface area contributed by atoms with Gasteiger partial charge in [0.2, 0.25) is 11.8 Å². The first-order valence-electron chi connectivity index (χ1n) is 4.93. The number of amides is 2. The van der Waals surface area contributed by atoms with Gasteiger partial charge in [-0.1, -0.05) is 0 Å². The normalized spacial score (nSPS) is 10.2. The van der Waals surface area contributed by atoms with E-state index >= 15 is 0 Å². The highest BCUT2D eigenvalue weighted by atomic mass is 31.1. The fourth-order valence-electron chi connectivity index (χ4n) is 0.787. The van der Waals surface area contributed by atoms with Crippen molar-refractivity contribution >= 4 is 20.1 Å². The van der Waals surface area contributed by atoms with Gasteiger partial charge in [0.25, 0.3) is 0 Å². The van der Waals surface area contributed by atoms with Gasteiger partial charge in [0.1, 0.15) is 13.2 Å². The molecule has 0 aromatic heterocycles. The molecular weight excluding hydrogens is 235 g/mol. The van der Waals surface area contributed by atoms with Gasteiger partial charge in [-0.25, -0.2) is 0 Å². The van der Waals surface area contributed by atoms with E-state index in [1.54, 1.807) is 13.8 Å². The maximum Gasteiger partial charge on any atom is 0.320 e. The van der Waals surface area contributed by atoms with Crippen LogP contribution in [0.5, 0.6) is 0 Å². The van der Waals surface area contributed by atoms with Gasteiger partial charge in [0.15, 0.2) is 0 Å². The fraction of sp³-hybridized carbons (Fsp3) is 0.750. The smallest absolute Gasteiger partial charge is 0.320 e. The van der Waals surface area contributed by atoms with Gasteiger partial charge < -0.3 is 19.7 Å². The maximum absolute atomic E-state index is 11.0. The number of nitrogens with one attached hydrogen (secondary N) is 2. The first-order valence-corrected chi connectivity index (χ1v) is 6.15. The van der Waals surface area contributed by atoms with E-state index in [4.69, 9.17) is 0 Å². The van der Waals surface area contributed by atoms with Crippen molar-refractivity contribution in [3.63, 3.8) is 0 Å². The van der Waals surface area contributed by atoms with Crippen molar-refractivity contribution in [3.8, 4) is 0 Å². The average Bonchev–Trinajstić information content (AvgIpc) is 2.24. The summed E-state index contributed by atoms with van der Waals surface area (Å²) in [6.45, 7) is 3.80. The minimum absolute atomic E-state index is 0.332. The molecule has 16 heavy (non-hydrogen) atoms. The van der Waals surface area contributed by atoms with Crippen molar-refractivity contribution < 1.29 is 23.2 Å². The predicted molar refractivity (Wildman–Crippen MR) is 58.3 cm³/mol. The standard InChI is InChI=1S/C8H17N2O5P/c1-3-9-7(11)5-14-16(13)15-6-8(12)10-4-2/h16H,3-6H2,1-2H3,(H,9,11)(H,10,12). The molecule has 0 aromatic rings. The highest BCUT2D eigenvalue weighted by molar-refractivity contribution is 7.33. The third-order valence-electron chi connectivity index (χ3n) is 1.39.